The summed E-state index contributed by atoms with van der Waals surface area (Å²) in [5.74, 6) is 1.19. The van der Waals surface area contributed by atoms with Crippen LogP contribution in [0.15, 0.2) is 48.5 Å². The van der Waals surface area contributed by atoms with Gasteiger partial charge in [-0.2, -0.15) is 0 Å². The molecule has 2 rings (SSSR count). The van der Waals surface area contributed by atoms with Crippen LogP contribution in [-0.4, -0.2) is 19.1 Å². The van der Waals surface area contributed by atoms with Crippen LogP contribution in [0.2, 0.25) is 5.02 Å². The van der Waals surface area contributed by atoms with Crippen molar-refractivity contribution in [2.24, 2.45) is 0 Å². The monoisotopic (exact) mass is 319 g/mol. The van der Waals surface area contributed by atoms with E-state index in [1.165, 1.54) is 0 Å². The van der Waals surface area contributed by atoms with Crippen LogP contribution in [0.25, 0.3) is 0 Å². The first-order valence-electron chi connectivity index (χ1n) is 6.91. The summed E-state index contributed by atoms with van der Waals surface area (Å²) in [5, 5.41) is 3.50. The molecule has 0 aliphatic heterocycles. The second kappa shape index (κ2) is 7.71. The second-order valence-corrected chi connectivity index (χ2v) is 5.22. The molecule has 0 saturated heterocycles. The fraction of sp³-hybridized carbons (Fsp3) is 0.235. The number of nitrogens with one attached hydrogen (secondary N) is 1. The molecule has 0 spiro atoms. The van der Waals surface area contributed by atoms with Gasteiger partial charge in [0, 0.05) is 11.6 Å². The first kappa shape index (κ1) is 16.2. The van der Waals surface area contributed by atoms with E-state index < -0.39 is 6.10 Å². The molecule has 1 atom stereocenters. The Balaban J connectivity index is 1.84. The zero-order valence-corrected chi connectivity index (χ0v) is 13.3. The van der Waals surface area contributed by atoms with Gasteiger partial charge in [0.2, 0.25) is 0 Å². The maximum Gasteiger partial charge on any atom is 0.261 e. The summed E-state index contributed by atoms with van der Waals surface area (Å²) in [6.07, 6.45) is -0.583. The zero-order valence-electron chi connectivity index (χ0n) is 12.5. The van der Waals surface area contributed by atoms with Crippen LogP contribution < -0.4 is 14.8 Å². The van der Waals surface area contributed by atoms with Crippen LogP contribution in [0.3, 0.4) is 0 Å². The van der Waals surface area contributed by atoms with Crippen molar-refractivity contribution in [2.75, 3.05) is 7.11 Å². The van der Waals surface area contributed by atoms with Crippen molar-refractivity contribution in [2.45, 2.75) is 19.6 Å². The molecule has 1 unspecified atom stereocenters. The molecule has 4 nitrogen and oxygen atoms in total. The lowest BCUT2D eigenvalue weighted by atomic mass is 10.2. The molecule has 0 saturated carbocycles. The Morgan fingerprint density at radius 2 is 1.68 bits per heavy atom. The van der Waals surface area contributed by atoms with E-state index in [2.05, 4.69) is 5.32 Å². The molecule has 1 N–H and O–H groups in total. The number of benzene rings is 2. The van der Waals surface area contributed by atoms with Crippen LogP contribution in [0.4, 0.5) is 0 Å². The van der Waals surface area contributed by atoms with Crippen LogP contribution >= 0.6 is 11.6 Å². The van der Waals surface area contributed by atoms with Crippen molar-refractivity contribution in [3.63, 3.8) is 0 Å². The van der Waals surface area contributed by atoms with E-state index in [9.17, 15) is 4.79 Å². The maximum atomic E-state index is 12.0. The SMILES string of the molecule is COc1ccc(OC(C)C(=O)NCc2ccc(Cl)cc2)cc1. The first-order valence-corrected chi connectivity index (χ1v) is 7.29. The summed E-state index contributed by atoms with van der Waals surface area (Å²) in [6.45, 7) is 2.15. The number of ether oxygens (including phenoxy) is 2. The molecule has 1 amide bonds. The molecular weight excluding hydrogens is 302 g/mol. The van der Waals surface area contributed by atoms with Crippen LogP contribution in [0, 0.1) is 0 Å². The minimum absolute atomic E-state index is 0.175. The van der Waals surface area contributed by atoms with E-state index in [0.717, 1.165) is 11.3 Å². The molecule has 0 aliphatic rings. The quantitative estimate of drug-likeness (QED) is 0.887. The summed E-state index contributed by atoms with van der Waals surface area (Å²) < 4.78 is 10.7. The standard InChI is InChI=1S/C17H18ClNO3/c1-12(22-16-9-7-15(21-2)8-10-16)17(20)19-11-13-3-5-14(18)6-4-13/h3-10,12H,11H2,1-2H3,(H,19,20). The van der Waals surface area contributed by atoms with E-state index in [0.29, 0.717) is 17.3 Å². The van der Waals surface area contributed by atoms with Gasteiger partial charge in [-0.25, -0.2) is 0 Å². The normalized spacial score (nSPS) is 11.6. The second-order valence-electron chi connectivity index (χ2n) is 4.78. The number of carbonyl (C=O) groups excluding carboxylic acids is 1. The molecule has 116 valence electrons. The van der Waals surface area contributed by atoms with Gasteiger partial charge in [-0.3, -0.25) is 4.79 Å². The average molecular weight is 320 g/mol. The predicted molar refractivity (Wildman–Crippen MR) is 86.4 cm³/mol. The lowest BCUT2D eigenvalue weighted by Crippen LogP contribution is -2.35. The number of carbonyl (C=O) groups is 1. The summed E-state index contributed by atoms with van der Waals surface area (Å²) in [5.41, 5.74) is 0.981. The highest BCUT2D eigenvalue weighted by atomic mass is 35.5. The van der Waals surface area contributed by atoms with Gasteiger partial charge >= 0.3 is 0 Å². The van der Waals surface area contributed by atoms with Crippen molar-refractivity contribution in [3.8, 4) is 11.5 Å². The van der Waals surface area contributed by atoms with Gasteiger partial charge in [0.15, 0.2) is 6.10 Å². The Bertz CT molecular complexity index is 611. The lowest BCUT2D eigenvalue weighted by molar-refractivity contribution is -0.127. The summed E-state index contributed by atoms with van der Waals surface area (Å²) >= 11 is 5.82. The molecule has 5 heteroatoms. The van der Waals surface area contributed by atoms with Gasteiger partial charge < -0.3 is 14.8 Å². The fourth-order valence-electron chi connectivity index (χ4n) is 1.85. The van der Waals surface area contributed by atoms with Gasteiger partial charge in [0.25, 0.3) is 5.91 Å². The van der Waals surface area contributed by atoms with Crippen molar-refractivity contribution < 1.29 is 14.3 Å². The smallest absolute Gasteiger partial charge is 0.261 e. The molecule has 2 aromatic rings. The number of hydrogen-bond acceptors (Lipinski definition) is 3. The van der Waals surface area contributed by atoms with Crippen molar-refractivity contribution in [3.05, 3.63) is 59.1 Å². The largest absolute Gasteiger partial charge is 0.497 e. The highest BCUT2D eigenvalue weighted by Crippen LogP contribution is 2.18. The number of hydrogen-bond donors (Lipinski definition) is 1. The van der Waals surface area contributed by atoms with Crippen LogP contribution in [0.5, 0.6) is 11.5 Å². The fourth-order valence-corrected chi connectivity index (χ4v) is 1.97. The third-order valence-corrected chi connectivity index (χ3v) is 3.37. The minimum Gasteiger partial charge on any atom is -0.497 e. The van der Waals surface area contributed by atoms with Gasteiger partial charge in [-0.15, -0.1) is 0 Å². The van der Waals surface area contributed by atoms with E-state index in [1.54, 1.807) is 50.4 Å². The molecule has 0 radical (unpaired) electrons. The van der Waals surface area contributed by atoms with Crippen LogP contribution in [0.1, 0.15) is 12.5 Å². The average Bonchev–Trinajstić information content (AvgIpc) is 2.54. The topological polar surface area (TPSA) is 47.6 Å². The highest BCUT2D eigenvalue weighted by molar-refractivity contribution is 6.30. The first-order chi connectivity index (χ1) is 10.6. The molecule has 0 heterocycles. The minimum atomic E-state index is -0.583. The van der Waals surface area contributed by atoms with Gasteiger partial charge in [-0.1, -0.05) is 23.7 Å². The van der Waals surface area contributed by atoms with Crippen LogP contribution in [-0.2, 0) is 11.3 Å². The number of rotatable bonds is 6. The Hall–Kier alpha value is -2.20. The van der Waals surface area contributed by atoms with Gasteiger partial charge in [0.1, 0.15) is 11.5 Å². The predicted octanol–water partition coefficient (Wildman–Crippen LogP) is 3.43. The van der Waals surface area contributed by atoms with E-state index in [1.807, 2.05) is 12.1 Å². The third kappa shape index (κ3) is 4.67. The molecule has 0 aromatic heterocycles. The molecule has 0 aliphatic carbocycles. The van der Waals surface area contributed by atoms with Crippen molar-refractivity contribution in [1.29, 1.82) is 0 Å². The Morgan fingerprint density at radius 1 is 1.09 bits per heavy atom. The van der Waals surface area contributed by atoms with E-state index >= 15 is 0 Å². The molecule has 0 fully saturated rings. The van der Waals surface area contributed by atoms with Gasteiger partial charge in [0.05, 0.1) is 7.11 Å². The third-order valence-electron chi connectivity index (χ3n) is 3.12. The summed E-state index contributed by atoms with van der Waals surface area (Å²) in [4.78, 5) is 12.0. The lowest BCUT2D eigenvalue weighted by Gasteiger charge is -2.15. The molecule has 0 bridgehead atoms. The number of amides is 1. The highest BCUT2D eigenvalue weighted by Gasteiger charge is 2.14. The Kier molecular flexibility index (Phi) is 5.67. The summed E-state index contributed by atoms with van der Waals surface area (Å²) in [7, 11) is 1.60. The van der Waals surface area contributed by atoms with Crippen molar-refractivity contribution >= 4 is 17.5 Å². The Morgan fingerprint density at radius 3 is 2.27 bits per heavy atom. The number of halogens is 1. The van der Waals surface area contributed by atoms with Gasteiger partial charge in [-0.05, 0) is 48.9 Å². The molecule has 22 heavy (non-hydrogen) atoms. The molecular formula is C17H18ClNO3. The summed E-state index contributed by atoms with van der Waals surface area (Å²) in [6, 6.07) is 14.4. The van der Waals surface area contributed by atoms with Crippen molar-refractivity contribution in [1.82, 2.24) is 5.32 Å². The van der Waals surface area contributed by atoms with E-state index in [-0.39, 0.29) is 5.91 Å². The zero-order chi connectivity index (χ0) is 15.9. The Labute approximate surface area is 135 Å². The van der Waals surface area contributed by atoms with E-state index in [4.69, 9.17) is 21.1 Å². The number of methoxy groups -OCH3 is 1. The molecule has 2 aromatic carbocycles. The maximum absolute atomic E-state index is 12.0.